The van der Waals surface area contributed by atoms with E-state index in [9.17, 15) is 14.9 Å². The summed E-state index contributed by atoms with van der Waals surface area (Å²) in [5.41, 5.74) is -0.101. The number of carbonyl (C=O) groups excluding carboxylic acids is 1. The Bertz CT molecular complexity index is 753. The van der Waals surface area contributed by atoms with Crippen LogP contribution in [0.25, 0.3) is 10.8 Å². The van der Waals surface area contributed by atoms with Gasteiger partial charge >= 0.3 is 6.09 Å². The molecule has 0 radical (unpaired) electrons. The highest BCUT2D eigenvalue weighted by Gasteiger charge is 2.19. The molecule has 0 fully saturated rings. The first-order chi connectivity index (χ1) is 10.2. The van der Waals surface area contributed by atoms with Crippen molar-refractivity contribution in [3.05, 3.63) is 44.9 Å². The van der Waals surface area contributed by atoms with Crippen molar-refractivity contribution in [3.63, 3.8) is 0 Å². The standard InChI is InChI=1S/C15H15BrN2O4/c1-15(2,3)22-14(19)17-11-8-7-9-10(13(11)16)5-4-6-12(9)18(20)21/h4-8H,1-3H3,(H,17,19). The van der Waals surface area contributed by atoms with Crippen LogP contribution in [0.3, 0.4) is 0 Å². The first-order valence-electron chi connectivity index (χ1n) is 6.54. The summed E-state index contributed by atoms with van der Waals surface area (Å²) >= 11 is 3.38. The van der Waals surface area contributed by atoms with E-state index < -0.39 is 16.6 Å². The van der Waals surface area contributed by atoms with E-state index in [-0.39, 0.29) is 5.69 Å². The monoisotopic (exact) mass is 366 g/mol. The molecule has 2 aromatic rings. The number of halogens is 1. The highest BCUT2D eigenvalue weighted by Crippen LogP contribution is 2.35. The number of nitrogens with one attached hydrogen (secondary N) is 1. The molecule has 6 nitrogen and oxygen atoms in total. The Morgan fingerprint density at radius 2 is 1.91 bits per heavy atom. The largest absolute Gasteiger partial charge is 0.444 e. The van der Waals surface area contributed by atoms with E-state index in [1.807, 2.05) is 0 Å². The van der Waals surface area contributed by atoms with Gasteiger partial charge in [-0.15, -0.1) is 0 Å². The molecule has 0 saturated carbocycles. The molecule has 0 aromatic heterocycles. The molecule has 0 saturated heterocycles. The predicted octanol–water partition coefficient (Wildman–Crippen LogP) is 4.86. The van der Waals surface area contributed by atoms with Gasteiger partial charge in [-0.05, 0) is 48.8 Å². The van der Waals surface area contributed by atoms with E-state index in [0.717, 1.165) is 0 Å². The van der Waals surface area contributed by atoms with Crippen molar-refractivity contribution in [3.8, 4) is 0 Å². The summed E-state index contributed by atoms with van der Waals surface area (Å²) in [6.45, 7) is 5.31. The molecule has 0 bridgehead atoms. The number of amides is 1. The summed E-state index contributed by atoms with van der Waals surface area (Å²) in [6, 6.07) is 7.99. The van der Waals surface area contributed by atoms with Gasteiger partial charge in [-0.25, -0.2) is 4.79 Å². The van der Waals surface area contributed by atoms with Crippen LogP contribution in [0.15, 0.2) is 34.8 Å². The van der Waals surface area contributed by atoms with Crippen LogP contribution in [-0.4, -0.2) is 16.6 Å². The Morgan fingerprint density at radius 1 is 1.23 bits per heavy atom. The first kappa shape index (κ1) is 16.2. The molecule has 0 aliphatic carbocycles. The van der Waals surface area contributed by atoms with E-state index in [0.29, 0.717) is 20.9 Å². The third kappa shape index (κ3) is 3.54. The molecule has 0 heterocycles. The molecule has 1 N–H and O–H groups in total. The third-order valence-electron chi connectivity index (χ3n) is 2.81. The lowest BCUT2D eigenvalue weighted by Crippen LogP contribution is -2.27. The summed E-state index contributed by atoms with van der Waals surface area (Å²) in [7, 11) is 0. The summed E-state index contributed by atoms with van der Waals surface area (Å²) in [6.07, 6.45) is -0.585. The van der Waals surface area contributed by atoms with Gasteiger partial charge in [0, 0.05) is 15.9 Å². The zero-order valence-electron chi connectivity index (χ0n) is 12.3. The number of non-ortho nitro benzene ring substituents is 1. The number of carbonyl (C=O) groups is 1. The molecule has 0 unspecified atom stereocenters. The maximum Gasteiger partial charge on any atom is 0.412 e. The van der Waals surface area contributed by atoms with E-state index in [1.54, 1.807) is 45.0 Å². The fourth-order valence-electron chi connectivity index (χ4n) is 1.97. The number of hydrogen-bond acceptors (Lipinski definition) is 4. The van der Waals surface area contributed by atoms with Gasteiger partial charge in [-0.3, -0.25) is 15.4 Å². The van der Waals surface area contributed by atoms with E-state index in [2.05, 4.69) is 21.2 Å². The van der Waals surface area contributed by atoms with E-state index in [1.165, 1.54) is 6.07 Å². The van der Waals surface area contributed by atoms with E-state index >= 15 is 0 Å². The fourth-order valence-corrected chi connectivity index (χ4v) is 2.55. The lowest BCUT2D eigenvalue weighted by molar-refractivity contribution is -0.383. The van der Waals surface area contributed by atoms with Crippen LogP contribution in [0.5, 0.6) is 0 Å². The molecule has 2 rings (SSSR count). The molecule has 2 aromatic carbocycles. The van der Waals surface area contributed by atoms with Crippen molar-refractivity contribution in [2.75, 3.05) is 5.32 Å². The number of anilines is 1. The van der Waals surface area contributed by atoms with Crippen LogP contribution in [0.2, 0.25) is 0 Å². The first-order valence-corrected chi connectivity index (χ1v) is 7.34. The highest BCUT2D eigenvalue weighted by atomic mass is 79.9. The number of rotatable bonds is 2. The Balaban J connectivity index is 2.40. The van der Waals surface area contributed by atoms with Crippen molar-refractivity contribution >= 4 is 44.2 Å². The number of hydrogen-bond donors (Lipinski definition) is 1. The number of ether oxygens (including phenoxy) is 1. The van der Waals surface area contributed by atoms with Crippen molar-refractivity contribution < 1.29 is 14.5 Å². The van der Waals surface area contributed by atoms with Gasteiger partial charge in [0.15, 0.2) is 0 Å². The number of benzene rings is 2. The second-order valence-corrected chi connectivity index (χ2v) is 6.48. The van der Waals surface area contributed by atoms with Crippen LogP contribution in [0.1, 0.15) is 20.8 Å². The smallest absolute Gasteiger partial charge is 0.412 e. The number of nitro benzene ring substituents is 1. The van der Waals surface area contributed by atoms with Gasteiger partial charge < -0.3 is 4.74 Å². The highest BCUT2D eigenvalue weighted by molar-refractivity contribution is 9.10. The average Bonchev–Trinajstić information content (AvgIpc) is 2.39. The normalized spacial score (nSPS) is 11.3. The number of nitro groups is 1. The van der Waals surface area contributed by atoms with Gasteiger partial charge in [0.05, 0.1) is 16.0 Å². The van der Waals surface area contributed by atoms with Crippen LogP contribution >= 0.6 is 15.9 Å². The molecule has 1 amide bonds. The minimum Gasteiger partial charge on any atom is -0.444 e. The molecular weight excluding hydrogens is 352 g/mol. The summed E-state index contributed by atoms with van der Waals surface area (Å²) in [4.78, 5) is 22.4. The zero-order chi connectivity index (χ0) is 16.5. The fraction of sp³-hybridized carbons (Fsp3) is 0.267. The Kier molecular flexibility index (Phi) is 4.37. The molecule has 7 heteroatoms. The summed E-state index contributed by atoms with van der Waals surface area (Å²) in [5.74, 6) is 0. The second-order valence-electron chi connectivity index (χ2n) is 5.68. The van der Waals surface area contributed by atoms with E-state index in [4.69, 9.17) is 4.74 Å². The minimum atomic E-state index is -0.605. The summed E-state index contributed by atoms with van der Waals surface area (Å²) < 4.78 is 5.76. The van der Waals surface area contributed by atoms with Crippen molar-refractivity contribution in [1.29, 1.82) is 0 Å². The molecule has 22 heavy (non-hydrogen) atoms. The molecule has 0 aliphatic rings. The maximum absolute atomic E-state index is 11.8. The van der Waals surface area contributed by atoms with Gasteiger partial charge in [0.25, 0.3) is 5.69 Å². The third-order valence-corrected chi connectivity index (χ3v) is 3.66. The Hall–Kier alpha value is -2.15. The maximum atomic E-state index is 11.8. The lowest BCUT2D eigenvalue weighted by atomic mass is 10.1. The van der Waals surface area contributed by atoms with Crippen molar-refractivity contribution in [2.45, 2.75) is 26.4 Å². The SMILES string of the molecule is CC(C)(C)OC(=O)Nc1ccc2c([N+](=O)[O-])cccc2c1Br. The topological polar surface area (TPSA) is 81.5 Å². The van der Waals surface area contributed by atoms with Crippen LogP contribution in [-0.2, 0) is 4.74 Å². The Morgan fingerprint density at radius 3 is 2.50 bits per heavy atom. The Labute approximate surface area is 135 Å². The number of nitrogens with zero attached hydrogens (tertiary/aromatic N) is 1. The predicted molar refractivity (Wildman–Crippen MR) is 88.2 cm³/mol. The second kappa shape index (κ2) is 5.92. The lowest BCUT2D eigenvalue weighted by Gasteiger charge is -2.20. The molecule has 0 aliphatic heterocycles. The van der Waals surface area contributed by atoms with Gasteiger partial charge in [0.2, 0.25) is 0 Å². The zero-order valence-corrected chi connectivity index (χ0v) is 13.9. The van der Waals surface area contributed by atoms with Crippen molar-refractivity contribution in [2.24, 2.45) is 0 Å². The average molecular weight is 367 g/mol. The van der Waals surface area contributed by atoms with Crippen LogP contribution in [0.4, 0.5) is 16.2 Å². The quantitative estimate of drug-likeness (QED) is 0.607. The molecule has 116 valence electrons. The van der Waals surface area contributed by atoms with Gasteiger partial charge in [0.1, 0.15) is 5.60 Å². The van der Waals surface area contributed by atoms with Gasteiger partial charge in [-0.1, -0.05) is 12.1 Å². The molecule has 0 atom stereocenters. The van der Waals surface area contributed by atoms with Gasteiger partial charge in [-0.2, -0.15) is 0 Å². The minimum absolute atomic E-state index is 0.0158. The van der Waals surface area contributed by atoms with Crippen LogP contribution in [0, 0.1) is 10.1 Å². The molecular formula is C15H15BrN2O4. The summed E-state index contributed by atoms with van der Waals surface area (Å²) in [5, 5.41) is 14.8. The van der Waals surface area contributed by atoms with Crippen LogP contribution < -0.4 is 5.32 Å². The molecule has 0 spiro atoms. The number of fused-ring (bicyclic) bond motifs is 1. The van der Waals surface area contributed by atoms with Crippen molar-refractivity contribution in [1.82, 2.24) is 0 Å².